The summed E-state index contributed by atoms with van der Waals surface area (Å²) in [5.74, 6) is 2.74. The van der Waals surface area contributed by atoms with Gasteiger partial charge in [0, 0.05) is 43.5 Å². The van der Waals surface area contributed by atoms with Gasteiger partial charge >= 0.3 is 0 Å². The molecule has 2 amide bonds. The third-order valence-electron chi connectivity index (χ3n) is 6.05. The van der Waals surface area contributed by atoms with Gasteiger partial charge < -0.3 is 14.4 Å². The van der Waals surface area contributed by atoms with Crippen molar-refractivity contribution in [3.8, 4) is 12.3 Å². The van der Waals surface area contributed by atoms with E-state index in [-0.39, 0.29) is 17.7 Å². The van der Waals surface area contributed by atoms with Crippen LogP contribution in [0.4, 0.5) is 0 Å². The highest BCUT2D eigenvalue weighted by atomic mass is 16.2. The topological polar surface area (TPSA) is 45.6 Å². The molecule has 0 saturated carbocycles. The zero-order valence-electron chi connectivity index (χ0n) is 17.8. The van der Waals surface area contributed by atoms with Crippen LogP contribution in [0.2, 0.25) is 0 Å². The molecule has 31 heavy (non-hydrogen) atoms. The lowest BCUT2D eigenvalue weighted by atomic mass is 9.95. The van der Waals surface area contributed by atoms with Crippen molar-refractivity contribution in [2.24, 2.45) is 5.92 Å². The zero-order chi connectivity index (χ0) is 21.8. The van der Waals surface area contributed by atoms with E-state index in [2.05, 4.69) is 5.92 Å². The van der Waals surface area contributed by atoms with E-state index in [1.807, 2.05) is 77.2 Å². The summed E-state index contributed by atoms with van der Waals surface area (Å²) in [6, 6.07) is 19.8. The molecular weight excluding hydrogens is 386 g/mol. The maximum absolute atomic E-state index is 13.3. The number of piperidine rings is 1. The highest BCUT2D eigenvalue weighted by molar-refractivity contribution is 5.99. The van der Waals surface area contributed by atoms with Crippen molar-refractivity contribution in [1.82, 2.24) is 14.4 Å². The SMILES string of the molecule is C#CCn1c(C(=O)N2CCC(C(=O)N(C)Cc3ccccc3)CC2)cc2ccccc21. The smallest absolute Gasteiger partial charge is 0.270 e. The monoisotopic (exact) mass is 413 g/mol. The van der Waals surface area contributed by atoms with E-state index in [0.717, 1.165) is 16.5 Å². The van der Waals surface area contributed by atoms with Gasteiger partial charge in [0.2, 0.25) is 5.91 Å². The molecule has 0 spiro atoms. The number of benzene rings is 2. The van der Waals surface area contributed by atoms with Crippen molar-refractivity contribution >= 4 is 22.7 Å². The van der Waals surface area contributed by atoms with Crippen LogP contribution in [0.25, 0.3) is 10.9 Å². The average molecular weight is 414 g/mol. The van der Waals surface area contributed by atoms with Crippen LogP contribution in [0.3, 0.4) is 0 Å². The number of likely N-dealkylation sites (tertiary alicyclic amines) is 1. The van der Waals surface area contributed by atoms with Gasteiger partial charge in [-0.2, -0.15) is 0 Å². The molecule has 0 radical (unpaired) electrons. The molecule has 0 atom stereocenters. The van der Waals surface area contributed by atoms with Crippen LogP contribution in [0, 0.1) is 18.3 Å². The molecule has 0 unspecified atom stereocenters. The van der Waals surface area contributed by atoms with Gasteiger partial charge in [0.05, 0.1) is 6.54 Å². The molecule has 1 saturated heterocycles. The molecule has 5 heteroatoms. The molecule has 2 aromatic carbocycles. The fourth-order valence-electron chi connectivity index (χ4n) is 4.39. The van der Waals surface area contributed by atoms with E-state index < -0.39 is 0 Å². The Kier molecular flexibility index (Phi) is 6.08. The van der Waals surface area contributed by atoms with Gasteiger partial charge in [-0.15, -0.1) is 6.42 Å². The second-order valence-electron chi connectivity index (χ2n) is 8.13. The van der Waals surface area contributed by atoms with Crippen molar-refractivity contribution in [2.45, 2.75) is 25.9 Å². The summed E-state index contributed by atoms with van der Waals surface area (Å²) in [4.78, 5) is 29.8. The van der Waals surface area contributed by atoms with Gasteiger partial charge in [-0.05, 0) is 30.5 Å². The van der Waals surface area contributed by atoms with Crippen LogP contribution in [-0.4, -0.2) is 46.3 Å². The summed E-state index contributed by atoms with van der Waals surface area (Å²) in [6.45, 7) is 2.11. The van der Waals surface area contributed by atoms with Gasteiger partial charge in [0.15, 0.2) is 0 Å². The van der Waals surface area contributed by atoms with Crippen LogP contribution in [0.15, 0.2) is 60.7 Å². The van der Waals surface area contributed by atoms with Crippen LogP contribution in [-0.2, 0) is 17.9 Å². The molecule has 1 aliphatic heterocycles. The summed E-state index contributed by atoms with van der Waals surface area (Å²) < 4.78 is 1.91. The second kappa shape index (κ2) is 9.09. The highest BCUT2D eigenvalue weighted by Gasteiger charge is 2.30. The predicted octanol–water partition coefficient (Wildman–Crippen LogP) is 3.79. The Morgan fingerprint density at radius 1 is 1.06 bits per heavy atom. The first kappa shape index (κ1) is 20.7. The van der Waals surface area contributed by atoms with Crippen LogP contribution in [0.1, 0.15) is 28.9 Å². The number of fused-ring (bicyclic) bond motifs is 1. The summed E-state index contributed by atoms with van der Waals surface area (Å²) in [6.07, 6.45) is 6.91. The summed E-state index contributed by atoms with van der Waals surface area (Å²) in [5.41, 5.74) is 2.70. The lowest BCUT2D eigenvalue weighted by Crippen LogP contribution is -2.43. The molecule has 4 rings (SSSR count). The van der Waals surface area contributed by atoms with Gasteiger partial charge in [0.1, 0.15) is 5.69 Å². The standard InChI is InChI=1S/C26H27N3O2/c1-3-15-29-23-12-8-7-11-22(23)18-24(29)26(31)28-16-13-21(14-17-28)25(30)27(2)19-20-9-5-4-6-10-20/h1,4-12,18,21H,13-17,19H2,2H3. The first-order valence-electron chi connectivity index (χ1n) is 10.7. The lowest BCUT2D eigenvalue weighted by Gasteiger charge is -2.33. The summed E-state index contributed by atoms with van der Waals surface area (Å²) in [7, 11) is 1.85. The van der Waals surface area contributed by atoms with E-state index in [4.69, 9.17) is 6.42 Å². The van der Waals surface area contributed by atoms with Crippen LogP contribution in [0.5, 0.6) is 0 Å². The largest absolute Gasteiger partial charge is 0.341 e. The summed E-state index contributed by atoms with van der Waals surface area (Å²) in [5, 5.41) is 1.01. The minimum atomic E-state index is -0.0469. The van der Waals surface area contributed by atoms with Crippen molar-refractivity contribution in [2.75, 3.05) is 20.1 Å². The number of hydrogen-bond donors (Lipinski definition) is 0. The Morgan fingerprint density at radius 2 is 1.74 bits per heavy atom. The van der Waals surface area contributed by atoms with E-state index in [0.29, 0.717) is 44.7 Å². The number of rotatable bonds is 5. The van der Waals surface area contributed by atoms with Gasteiger partial charge in [0.25, 0.3) is 5.91 Å². The van der Waals surface area contributed by atoms with Gasteiger partial charge in [-0.3, -0.25) is 9.59 Å². The Hall–Kier alpha value is -3.52. The van der Waals surface area contributed by atoms with E-state index in [1.165, 1.54) is 0 Å². The normalized spacial score (nSPS) is 14.4. The molecule has 5 nitrogen and oxygen atoms in total. The number of carbonyl (C=O) groups is 2. The minimum Gasteiger partial charge on any atom is -0.341 e. The number of terminal acetylenes is 1. The molecule has 3 aromatic rings. The second-order valence-corrected chi connectivity index (χ2v) is 8.13. The molecular formula is C26H27N3O2. The Balaban J connectivity index is 1.41. The zero-order valence-corrected chi connectivity index (χ0v) is 17.8. The first-order valence-corrected chi connectivity index (χ1v) is 10.7. The molecule has 158 valence electrons. The Morgan fingerprint density at radius 3 is 2.45 bits per heavy atom. The lowest BCUT2D eigenvalue weighted by molar-refractivity contribution is -0.136. The Labute approximate surface area is 183 Å². The van der Waals surface area contributed by atoms with Gasteiger partial charge in [-0.25, -0.2) is 0 Å². The third kappa shape index (κ3) is 4.34. The molecule has 1 fully saturated rings. The fourth-order valence-corrected chi connectivity index (χ4v) is 4.39. The Bertz CT molecular complexity index is 1120. The third-order valence-corrected chi connectivity index (χ3v) is 6.05. The van der Waals surface area contributed by atoms with E-state index in [9.17, 15) is 9.59 Å². The van der Waals surface area contributed by atoms with Crippen LogP contribution >= 0.6 is 0 Å². The van der Waals surface area contributed by atoms with E-state index >= 15 is 0 Å². The minimum absolute atomic E-state index is 0.0185. The molecule has 0 aliphatic carbocycles. The number of para-hydroxylation sites is 1. The first-order chi connectivity index (χ1) is 15.1. The highest BCUT2D eigenvalue weighted by Crippen LogP contribution is 2.25. The number of aromatic nitrogens is 1. The fraction of sp³-hybridized carbons (Fsp3) is 0.308. The average Bonchev–Trinajstić information content (AvgIpc) is 3.17. The predicted molar refractivity (Wildman–Crippen MR) is 122 cm³/mol. The number of hydrogen-bond acceptors (Lipinski definition) is 2. The van der Waals surface area contributed by atoms with Crippen molar-refractivity contribution in [3.63, 3.8) is 0 Å². The molecule has 1 aromatic heterocycles. The number of carbonyl (C=O) groups excluding carboxylic acids is 2. The number of amides is 2. The maximum Gasteiger partial charge on any atom is 0.270 e. The van der Waals surface area contributed by atoms with Gasteiger partial charge in [-0.1, -0.05) is 54.5 Å². The quantitative estimate of drug-likeness (QED) is 0.598. The molecule has 2 heterocycles. The molecule has 0 bridgehead atoms. The molecule has 0 N–H and O–H groups in total. The maximum atomic E-state index is 13.3. The molecule has 1 aliphatic rings. The van der Waals surface area contributed by atoms with Crippen molar-refractivity contribution < 1.29 is 9.59 Å². The summed E-state index contributed by atoms with van der Waals surface area (Å²) >= 11 is 0. The number of nitrogens with zero attached hydrogens (tertiary/aromatic N) is 3. The van der Waals surface area contributed by atoms with E-state index in [1.54, 1.807) is 4.90 Å². The van der Waals surface area contributed by atoms with Crippen molar-refractivity contribution in [1.29, 1.82) is 0 Å². The van der Waals surface area contributed by atoms with Crippen molar-refractivity contribution in [3.05, 3.63) is 71.9 Å². The van der Waals surface area contributed by atoms with Crippen LogP contribution < -0.4 is 0 Å².